The summed E-state index contributed by atoms with van der Waals surface area (Å²) in [5.74, 6) is 0. The number of aldehydes is 1. The molecule has 0 atom stereocenters. The molecular formula is C14H20BNO3. The van der Waals surface area contributed by atoms with Gasteiger partial charge in [-0.3, -0.25) is 4.98 Å². The van der Waals surface area contributed by atoms with Crippen LogP contribution in [0.25, 0.3) is 0 Å². The van der Waals surface area contributed by atoms with E-state index in [1.807, 2.05) is 34.6 Å². The molecule has 5 heteroatoms. The minimum Gasteiger partial charge on any atom is -0.399 e. The molecule has 0 spiro atoms. The zero-order valence-electron chi connectivity index (χ0n) is 12.2. The lowest BCUT2D eigenvalue weighted by Crippen LogP contribution is -2.41. The number of nitrogens with zero attached hydrogens (tertiary/aromatic N) is 1. The molecule has 0 N–H and O–H groups in total. The lowest BCUT2D eigenvalue weighted by Gasteiger charge is -2.32. The maximum absolute atomic E-state index is 10.7. The number of hydrogen-bond donors (Lipinski definition) is 0. The summed E-state index contributed by atoms with van der Waals surface area (Å²) >= 11 is 0. The molecular weight excluding hydrogens is 241 g/mol. The van der Waals surface area contributed by atoms with Gasteiger partial charge in [0.05, 0.1) is 11.2 Å². The number of hydrogen-bond acceptors (Lipinski definition) is 4. The first-order valence-electron chi connectivity index (χ1n) is 6.51. The van der Waals surface area contributed by atoms with E-state index in [1.54, 1.807) is 12.4 Å². The molecule has 0 saturated carbocycles. The fourth-order valence-electron chi connectivity index (χ4n) is 2.09. The molecule has 19 heavy (non-hydrogen) atoms. The topological polar surface area (TPSA) is 48.4 Å². The van der Waals surface area contributed by atoms with E-state index in [2.05, 4.69) is 4.98 Å². The zero-order valence-corrected chi connectivity index (χ0v) is 12.2. The minimum atomic E-state index is -0.427. The van der Waals surface area contributed by atoms with Crippen molar-refractivity contribution in [2.45, 2.75) is 52.2 Å². The van der Waals surface area contributed by atoms with E-state index in [-0.39, 0.29) is 11.2 Å². The molecule has 1 saturated heterocycles. The van der Waals surface area contributed by atoms with Crippen molar-refractivity contribution in [1.29, 1.82) is 0 Å². The van der Waals surface area contributed by atoms with Gasteiger partial charge in [-0.1, -0.05) is 0 Å². The van der Waals surface area contributed by atoms with Crippen LogP contribution in [-0.2, 0) is 20.5 Å². The summed E-state index contributed by atoms with van der Waals surface area (Å²) in [6.45, 7) is 10.0. The highest BCUT2D eigenvalue weighted by molar-refractivity contribution is 6.62. The van der Waals surface area contributed by atoms with Gasteiger partial charge in [0.1, 0.15) is 6.29 Å². The Bertz CT molecular complexity index is 483. The Morgan fingerprint density at radius 1 is 1.21 bits per heavy atom. The van der Waals surface area contributed by atoms with E-state index >= 15 is 0 Å². The van der Waals surface area contributed by atoms with Gasteiger partial charge in [0.15, 0.2) is 0 Å². The average Bonchev–Trinajstić information content (AvgIpc) is 2.51. The average molecular weight is 261 g/mol. The molecule has 1 aromatic heterocycles. The van der Waals surface area contributed by atoms with E-state index in [0.29, 0.717) is 6.42 Å². The number of aromatic nitrogens is 1. The first kappa shape index (κ1) is 14.2. The summed E-state index contributed by atoms with van der Waals surface area (Å²) in [5.41, 5.74) is 2.09. The fraction of sp³-hybridized carbons (Fsp3) is 0.571. The van der Waals surface area contributed by atoms with Gasteiger partial charge in [-0.05, 0) is 45.7 Å². The molecule has 0 bridgehead atoms. The quantitative estimate of drug-likeness (QED) is 0.610. The van der Waals surface area contributed by atoms with Gasteiger partial charge in [-0.15, -0.1) is 0 Å². The molecule has 0 aromatic carbocycles. The minimum absolute atomic E-state index is 0.367. The Labute approximate surface area is 114 Å². The second-order valence-electron chi connectivity index (χ2n) is 5.97. The maximum atomic E-state index is 10.7. The van der Waals surface area contributed by atoms with Gasteiger partial charge in [-0.2, -0.15) is 0 Å². The van der Waals surface area contributed by atoms with Crippen molar-refractivity contribution in [3.63, 3.8) is 0 Å². The highest BCUT2D eigenvalue weighted by atomic mass is 16.7. The highest BCUT2D eigenvalue weighted by Crippen LogP contribution is 2.36. The number of carbonyl (C=O) groups is 1. The van der Waals surface area contributed by atoms with E-state index in [0.717, 1.165) is 22.9 Å². The van der Waals surface area contributed by atoms with Crippen LogP contribution in [0.2, 0.25) is 0 Å². The van der Waals surface area contributed by atoms with Crippen LogP contribution >= 0.6 is 0 Å². The van der Waals surface area contributed by atoms with Crippen molar-refractivity contribution in [3.8, 4) is 0 Å². The van der Waals surface area contributed by atoms with Crippen LogP contribution in [-0.4, -0.2) is 29.6 Å². The van der Waals surface area contributed by atoms with Crippen molar-refractivity contribution in [2.24, 2.45) is 0 Å². The molecule has 2 heterocycles. The van der Waals surface area contributed by atoms with E-state index < -0.39 is 7.12 Å². The smallest absolute Gasteiger partial charge is 0.399 e. The highest BCUT2D eigenvalue weighted by Gasteiger charge is 2.52. The Morgan fingerprint density at radius 2 is 1.79 bits per heavy atom. The molecule has 0 unspecified atom stereocenters. The van der Waals surface area contributed by atoms with Gasteiger partial charge in [-0.25, -0.2) is 0 Å². The molecule has 1 aromatic rings. The third-order valence-corrected chi connectivity index (χ3v) is 4.17. The second-order valence-corrected chi connectivity index (χ2v) is 5.97. The van der Waals surface area contributed by atoms with Crippen molar-refractivity contribution < 1.29 is 14.1 Å². The summed E-state index contributed by atoms with van der Waals surface area (Å²) in [6.07, 6.45) is 4.73. The van der Waals surface area contributed by atoms with Crippen molar-refractivity contribution in [3.05, 3.63) is 23.5 Å². The predicted octanol–water partition coefficient (Wildman–Crippen LogP) is 1.43. The molecule has 1 aliphatic heterocycles. The lowest BCUT2D eigenvalue weighted by molar-refractivity contribution is -0.107. The van der Waals surface area contributed by atoms with Crippen LogP contribution in [0, 0.1) is 6.92 Å². The van der Waals surface area contributed by atoms with Crippen molar-refractivity contribution >= 4 is 18.9 Å². The van der Waals surface area contributed by atoms with Crippen LogP contribution < -0.4 is 5.46 Å². The van der Waals surface area contributed by atoms with Crippen LogP contribution in [0.15, 0.2) is 12.4 Å². The molecule has 4 nitrogen and oxygen atoms in total. The van der Waals surface area contributed by atoms with E-state index in [1.165, 1.54) is 0 Å². The van der Waals surface area contributed by atoms with Gasteiger partial charge in [0.25, 0.3) is 0 Å². The van der Waals surface area contributed by atoms with Gasteiger partial charge in [0, 0.05) is 24.3 Å². The number of pyridine rings is 1. The van der Waals surface area contributed by atoms with Gasteiger partial charge < -0.3 is 14.1 Å². The summed E-state index contributed by atoms with van der Waals surface area (Å²) < 4.78 is 12.0. The number of carbonyl (C=O) groups excluding carboxylic acids is 1. The fourth-order valence-corrected chi connectivity index (χ4v) is 2.09. The predicted molar refractivity (Wildman–Crippen MR) is 74.5 cm³/mol. The standard InChI is InChI=1S/C14H20BNO3/c1-10-11(6-7-17)8-16-9-12(10)15-18-13(2,3)14(4,5)19-15/h7-9H,6H2,1-5H3. The Balaban J connectivity index is 2.34. The third-order valence-electron chi connectivity index (χ3n) is 4.17. The largest absolute Gasteiger partial charge is 0.496 e. The molecule has 0 aliphatic carbocycles. The third kappa shape index (κ3) is 2.45. The monoisotopic (exact) mass is 261 g/mol. The number of rotatable bonds is 3. The first-order chi connectivity index (χ1) is 8.78. The second kappa shape index (κ2) is 4.73. The van der Waals surface area contributed by atoms with Crippen molar-refractivity contribution in [1.82, 2.24) is 4.98 Å². The molecule has 0 radical (unpaired) electrons. The van der Waals surface area contributed by atoms with Crippen LogP contribution in [0.3, 0.4) is 0 Å². The van der Waals surface area contributed by atoms with Crippen LogP contribution in [0.5, 0.6) is 0 Å². The summed E-state index contributed by atoms with van der Waals surface area (Å²) in [4.78, 5) is 14.9. The van der Waals surface area contributed by atoms with E-state index in [9.17, 15) is 4.79 Å². The Hall–Kier alpha value is -1.20. The molecule has 102 valence electrons. The Kier molecular flexibility index (Phi) is 3.54. The SMILES string of the molecule is Cc1c(CC=O)cncc1B1OC(C)(C)C(C)(C)O1. The molecule has 1 aliphatic rings. The van der Waals surface area contributed by atoms with Crippen LogP contribution in [0.4, 0.5) is 0 Å². The zero-order chi connectivity index (χ0) is 14.3. The summed E-state index contributed by atoms with van der Waals surface area (Å²) in [5, 5.41) is 0. The first-order valence-corrected chi connectivity index (χ1v) is 6.51. The van der Waals surface area contributed by atoms with E-state index in [4.69, 9.17) is 9.31 Å². The van der Waals surface area contributed by atoms with Gasteiger partial charge >= 0.3 is 7.12 Å². The maximum Gasteiger partial charge on any atom is 0.496 e. The summed E-state index contributed by atoms with van der Waals surface area (Å²) in [7, 11) is -0.427. The normalized spacial score (nSPS) is 20.6. The molecule has 0 amide bonds. The Morgan fingerprint density at radius 3 is 2.32 bits per heavy atom. The molecule has 1 fully saturated rings. The van der Waals surface area contributed by atoms with Crippen molar-refractivity contribution in [2.75, 3.05) is 0 Å². The van der Waals surface area contributed by atoms with Gasteiger partial charge in [0.2, 0.25) is 0 Å². The van der Waals surface area contributed by atoms with Crippen LogP contribution in [0.1, 0.15) is 38.8 Å². The lowest BCUT2D eigenvalue weighted by atomic mass is 9.76. The molecule has 2 rings (SSSR count). The summed E-state index contributed by atoms with van der Waals surface area (Å²) in [6, 6.07) is 0.